The van der Waals surface area contributed by atoms with Crippen molar-refractivity contribution in [2.45, 2.75) is 6.42 Å². The Bertz CT molecular complexity index is 836. The average Bonchev–Trinajstić information content (AvgIpc) is 2.97. The number of nitrogens with zero attached hydrogens (tertiary/aromatic N) is 1. The van der Waals surface area contributed by atoms with Crippen molar-refractivity contribution in [2.75, 3.05) is 5.32 Å². The Morgan fingerprint density at radius 1 is 1.22 bits per heavy atom. The Morgan fingerprint density at radius 3 is 2.78 bits per heavy atom. The monoisotopic (exact) mass is 406 g/mol. The number of benzene rings is 2. The third-order valence-corrected chi connectivity index (χ3v) is 4.90. The van der Waals surface area contributed by atoms with Crippen LogP contribution in [0.2, 0.25) is 5.02 Å². The topological polar surface area (TPSA) is 42.0 Å². The number of nitrogens with one attached hydrogen (secondary N) is 1. The van der Waals surface area contributed by atoms with Gasteiger partial charge in [-0.05, 0) is 23.8 Å². The van der Waals surface area contributed by atoms with Gasteiger partial charge in [-0.15, -0.1) is 11.3 Å². The molecular formula is C17H12BrClN2OS. The zero-order valence-electron chi connectivity index (χ0n) is 11.9. The van der Waals surface area contributed by atoms with Crippen molar-refractivity contribution >= 4 is 49.9 Å². The van der Waals surface area contributed by atoms with Gasteiger partial charge in [-0.1, -0.05) is 57.9 Å². The quantitative estimate of drug-likeness (QED) is 0.629. The Labute approximate surface area is 151 Å². The highest BCUT2D eigenvalue weighted by Gasteiger charge is 2.13. The van der Waals surface area contributed by atoms with Crippen molar-refractivity contribution in [2.24, 2.45) is 0 Å². The van der Waals surface area contributed by atoms with Gasteiger partial charge in [0, 0.05) is 22.0 Å². The second kappa shape index (κ2) is 7.25. The number of halogens is 2. The summed E-state index contributed by atoms with van der Waals surface area (Å²) in [6.45, 7) is 0. The summed E-state index contributed by atoms with van der Waals surface area (Å²) in [5, 5.41) is 3.77. The Balaban J connectivity index is 1.71. The van der Waals surface area contributed by atoms with E-state index in [0.717, 1.165) is 15.8 Å². The van der Waals surface area contributed by atoms with E-state index >= 15 is 0 Å². The smallest absolute Gasteiger partial charge is 0.258 e. The molecule has 0 saturated carbocycles. The molecule has 0 aliphatic heterocycles. The van der Waals surface area contributed by atoms with E-state index in [2.05, 4.69) is 38.4 Å². The number of aromatic nitrogens is 1. The number of anilines is 1. The summed E-state index contributed by atoms with van der Waals surface area (Å²) in [6, 6.07) is 15.3. The zero-order valence-corrected chi connectivity index (χ0v) is 15.1. The van der Waals surface area contributed by atoms with Gasteiger partial charge in [-0.3, -0.25) is 10.1 Å². The lowest BCUT2D eigenvalue weighted by molar-refractivity contribution is 0.102. The molecule has 1 heterocycles. The van der Waals surface area contributed by atoms with Crippen molar-refractivity contribution in [1.82, 2.24) is 4.98 Å². The minimum Gasteiger partial charge on any atom is -0.298 e. The molecule has 0 atom stereocenters. The maximum atomic E-state index is 12.3. The van der Waals surface area contributed by atoms with Crippen molar-refractivity contribution in [1.29, 1.82) is 0 Å². The maximum Gasteiger partial charge on any atom is 0.258 e. The molecule has 3 nitrogen and oxygen atoms in total. The summed E-state index contributed by atoms with van der Waals surface area (Å²) < 4.78 is 0.802. The molecule has 0 aliphatic carbocycles. The predicted octanol–water partition coefficient (Wildman–Crippen LogP) is 5.40. The van der Waals surface area contributed by atoms with Crippen LogP contribution in [0.1, 0.15) is 20.8 Å². The molecule has 0 bridgehead atoms. The largest absolute Gasteiger partial charge is 0.298 e. The van der Waals surface area contributed by atoms with Crippen molar-refractivity contribution in [3.63, 3.8) is 0 Å². The fraction of sp³-hybridized carbons (Fsp3) is 0.0588. The van der Waals surface area contributed by atoms with E-state index in [9.17, 15) is 4.79 Å². The number of carbonyl (C=O) groups excluding carboxylic acids is 1. The maximum absolute atomic E-state index is 12.3. The lowest BCUT2D eigenvalue weighted by atomic mass is 10.1. The summed E-state index contributed by atoms with van der Waals surface area (Å²) >= 11 is 10.9. The van der Waals surface area contributed by atoms with Crippen LogP contribution in [0.4, 0.5) is 5.13 Å². The van der Waals surface area contributed by atoms with Gasteiger partial charge >= 0.3 is 0 Å². The number of carbonyl (C=O) groups is 1. The van der Waals surface area contributed by atoms with Crippen LogP contribution in [0.5, 0.6) is 0 Å². The second-order valence-electron chi connectivity index (χ2n) is 4.87. The summed E-state index contributed by atoms with van der Waals surface area (Å²) in [7, 11) is 0. The highest BCUT2D eigenvalue weighted by molar-refractivity contribution is 9.10. The molecule has 0 saturated heterocycles. The van der Waals surface area contributed by atoms with E-state index in [4.69, 9.17) is 11.6 Å². The fourth-order valence-electron chi connectivity index (χ4n) is 2.08. The van der Waals surface area contributed by atoms with E-state index in [-0.39, 0.29) is 5.91 Å². The molecule has 3 rings (SSSR count). The molecule has 116 valence electrons. The van der Waals surface area contributed by atoms with Crippen LogP contribution in [0.25, 0.3) is 0 Å². The highest BCUT2D eigenvalue weighted by Crippen LogP contribution is 2.25. The number of amides is 1. The third kappa shape index (κ3) is 4.19. The zero-order chi connectivity index (χ0) is 16.2. The minimum atomic E-state index is -0.267. The van der Waals surface area contributed by atoms with E-state index in [1.165, 1.54) is 16.9 Å². The Kier molecular flexibility index (Phi) is 5.10. The molecule has 3 aromatic rings. The van der Waals surface area contributed by atoms with E-state index in [0.29, 0.717) is 15.7 Å². The fourth-order valence-corrected chi connectivity index (χ4v) is 3.49. The van der Waals surface area contributed by atoms with E-state index in [1.807, 2.05) is 18.2 Å². The van der Waals surface area contributed by atoms with E-state index in [1.54, 1.807) is 24.4 Å². The standard InChI is InChI=1S/C17H12BrClN2OS/c18-12-6-7-15(19)14(9-12)16(22)21-17-20-10-13(23-17)8-11-4-2-1-3-5-11/h1-7,9-10H,8H2,(H,20,21,22). The first-order valence-electron chi connectivity index (χ1n) is 6.87. The van der Waals surface area contributed by atoms with Gasteiger partial charge in [0.1, 0.15) is 0 Å². The summed E-state index contributed by atoms with van der Waals surface area (Å²) in [5.41, 5.74) is 1.63. The first-order chi connectivity index (χ1) is 11.1. The van der Waals surface area contributed by atoms with Crippen molar-refractivity contribution in [3.05, 3.63) is 80.2 Å². The van der Waals surface area contributed by atoms with Crippen LogP contribution in [0.15, 0.2) is 59.2 Å². The SMILES string of the molecule is O=C(Nc1ncc(Cc2ccccc2)s1)c1cc(Br)ccc1Cl. The van der Waals surface area contributed by atoms with Crippen LogP contribution in [0.3, 0.4) is 0 Å². The number of hydrogen-bond donors (Lipinski definition) is 1. The molecule has 0 unspecified atom stereocenters. The Morgan fingerprint density at radius 2 is 2.00 bits per heavy atom. The van der Waals surface area contributed by atoms with Crippen LogP contribution in [-0.2, 0) is 6.42 Å². The average molecular weight is 408 g/mol. The number of hydrogen-bond acceptors (Lipinski definition) is 3. The molecule has 1 amide bonds. The van der Waals surface area contributed by atoms with Crippen LogP contribution >= 0.6 is 38.9 Å². The molecule has 23 heavy (non-hydrogen) atoms. The summed E-state index contributed by atoms with van der Waals surface area (Å²) in [5.74, 6) is -0.267. The molecular weight excluding hydrogens is 396 g/mol. The molecule has 1 aromatic heterocycles. The van der Waals surface area contributed by atoms with Crippen LogP contribution in [-0.4, -0.2) is 10.9 Å². The van der Waals surface area contributed by atoms with Gasteiger partial charge < -0.3 is 0 Å². The van der Waals surface area contributed by atoms with Crippen LogP contribution < -0.4 is 5.32 Å². The van der Waals surface area contributed by atoms with Gasteiger partial charge in [0.05, 0.1) is 10.6 Å². The molecule has 0 spiro atoms. The highest BCUT2D eigenvalue weighted by atomic mass is 79.9. The van der Waals surface area contributed by atoms with Gasteiger partial charge in [0.2, 0.25) is 0 Å². The minimum absolute atomic E-state index is 0.267. The number of rotatable bonds is 4. The third-order valence-electron chi connectivity index (χ3n) is 3.17. The predicted molar refractivity (Wildman–Crippen MR) is 98.5 cm³/mol. The van der Waals surface area contributed by atoms with Crippen molar-refractivity contribution < 1.29 is 4.79 Å². The molecule has 0 fully saturated rings. The van der Waals surface area contributed by atoms with Gasteiger partial charge in [-0.25, -0.2) is 4.98 Å². The van der Waals surface area contributed by atoms with Crippen molar-refractivity contribution in [3.8, 4) is 0 Å². The van der Waals surface area contributed by atoms with E-state index < -0.39 is 0 Å². The molecule has 1 N–H and O–H groups in total. The van der Waals surface area contributed by atoms with Gasteiger partial charge in [0.15, 0.2) is 5.13 Å². The summed E-state index contributed by atoms with van der Waals surface area (Å²) in [6.07, 6.45) is 2.59. The normalized spacial score (nSPS) is 10.5. The number of thiazole rings is 1. The molecule has 0 radical (unpaired) electrons. The first kappa shape index (κ1) is 16.2. The van der Waals surface area contributed by atoms with Crippen LogP contribution in [0, 0.1) is 0 Å². The second-order valence-corrected chi connectivity index (χ2v) is 7.31. The molecule has 2 aromatic carbocycles. The lowest BCUT2D eigenvalue weighted by Gasteiger charge is -2.04. The molecule has 0 aliphatic rings. The van der Waals surface area contributed by atoms with Gasteiger partial charge in [0.25, 0.3) is 5.91 Å². The van der Waals surface area contributed by atoms with Gasteiger partial charge in [-0.2, -0.15) is 0 Å². The molecule has 6 heteroatoms. The summed E-state index contributed by atoms with van der Waals surface area (Å²) in [4.78, 5) is 17.7. The first-order valence-corrected chi connectivity index (χ1v) is 8.85. The Hall–Kier alpha value is -1.69. The lowest BCUT2D eigenvalue weighted by Crippen LogP contribution is -2.12.